The molecule has 7 heteroatoms. The smallest absolute Gasteiger partial charge is 0.252 e. The fourth-order valence-electron chi connectivity index (χ4n) is 4.38. The second kappa shape index (κ2) is 7.31. The molecule has 0 radical (unpaired) electrons. The van der Waals surface area contributed by atoms with Crippen molar-refractivity contribution in [1.29, 1.82) is 0 Å². The molecule has 0 saturated heterocycles. The lowest BCUT2D eigenvalue weighted by Crippen LogP contribution is -2.25. The Bertz CT molecular complexity index is 1040. The van der Waals surface area contributed by atoms with Crippen LogP contribution in [0.2, 0.25) is 0 Å². The van der Waals surface area contributed by atoms with Crippen LogP contribution in [0, 0.1) is 6.92 Å². The molecule has 1 aliphatic heterocycles. The van der Waals surface area contributed by atoms with Crippen LogP contribution in [0.1, 0.15) is 54.8 Å². The van der Waals surface area contributed by atoms with Gasteiger partial charge in [0.05, 0.1) is 11.8 Å². The Hall–Kier alpha value is -3.22. The fraction of sp³-hybridized carbons (Fsp3) is 0.364. The molecule has 0 unspecified atom stereocenters. The molecule has 1 saturated carbocycles. The van der Waals surface area contributed by atoms with Gasteiger partial charge in [-0.2, -0.15) is 9.78 Å². The number of benzene rings is 1. The predicted octanol–water partition coefficient (Wildman–Crippen LogP) is 3.77. The molecule has 1 fully saturated rings. The van der Waals surface area contributed by atoms with Crippen LogP contribution in [-0.2, 0) is 4.79 Å². The first-order chi connectivity index (χ1) is 14.2. The number of carbonyl (C=O) groups is 1. The highest BCUT2D eigenvalue weighted by molar-refractivity contribution is 5.95. The van der Waals surface area contributed by atoms with Crippen LogP contribution in [0.4, 0.5) is 5.82 Å². The zero-order valence-electron chi connectivity index (χ0n) is 16.3. The lowest BCUT2D eigenvalue weighted by Gasteiger charge is -2.24. The quantitative estimate of drug-likeness (QED) is 0.735. The minimum absolute atomic E-state index is 0.0401. The number of fused-ring (bicyclic) bond motifs is 1. The van der Waals surface area contributed by atoms with Crippen LogP contribution in [0.25, 0.3) is 5.95 Å². The van der Waals surface area contributed by atoms with E-state index in [0.29, 0.717) is 24.3 Å². The largest absolute Gasteiger partial charge is 0.490 e. The molecular weight excluding hydrogens is 366 g/mol. The highest BCUT2D eigenvalue weighted by Crippen LogP contribution is 2.40. The Labute approximate surface area is 169 Å². The van der Waals surface area contributed by atoms with Gasteiger partial charge in [-0.3, -0.25) is 4.79 Å². The van der Waals surface area contributed by atoms with Crippen molar-refractivity contribution >= 4 is 11.7 Å². The third kappa shape index (κ3) is 3.37. The predicted molar refractivity (Wildman–Crippen MR) is 108 cm³/mol. The summed E-state index contributed by atoms with van der Waals surface area (Å²) in [5, 5.41) is 7.60. The minimum Gasteiger partial charge on any atom is -0.490 e. The number of nitrogens with zero attached hydrogens (tertiary/aromatic N) is 4. The molecule has 1 aromatic carbocycles. The molecule has 0 spiro atoms. The van der Waals surface area contributed by atoms with Gasteiger partial charge in [0.2, 0.25) is 5.91 Å². The van der Waals surface area contributed by atoms with Crippen LogP contribution in [0.3, 0.4) is 0 Å². The van der Waals surface area contributed by atoms with E-state index in [9.17, 15) is 4.79 Å². The topological polar surface area (TPSA) is 81.9 Å². The molecular formula is C22H23N5O2. The number of hydrogen-bond acceptors (Lipinski definition) is 5. The Morgan fingerprint density at radius 3 is 2.72 bits per heavy atom. The van der Waals surface area contributed by atoms with Crippen molar-refractivity contribution in [2.24, 2.45) is 0 Å². The van der Waals surface area contributed by atoms with Gasteiger partial charge in [0.25, 0.3) is 5.95 Å². The average molecular weight is 389 g/mol. The van der Waals surface area contributed by atoms with Crippen molar-refractivity contribution in [3.63, 3.8) is 0 Å². The molecule has 5 rings (SSSR count). The Morgan fingerprint density at radius 2 is 1.93 bits per heavy atom. The summed E-state index contributed by atoms with van der Waals surface area (Å²) in [4.78, 5) is 21.1. The van der Waals surface area contributed by atoms with Gasteiger partial charge in [-0.1, -0.05) is 12.1 Å². The molecule has 3 heterocycles. The van der Waals surface area contributed by atoms with Crippen LogP contribution in [-0.4, -0.2) is 31.8 Å². The number of amides is 1. The molecule has 2 aliphatic rings. The Balaban J connectivity index is 1.53. The van der Waals surface area contributed by atoms with Gasteiger partial charge in [0.15, 0.2) is 0 Å². The van der Waals surface area contributed by atoms with E-state index in [2.05, 4.69) is 32.5 Å². The lowest BCUT2D eigenvalue weighted by atomic mass is 9.86. The van der Waals surface area contributed by atoms with Crippen molar-refractivity contribution in [2.75, 3.05) is 5.32 Å². The second-order valence-electron chi connectivity index (χ2n) is 7.71. The normalized spacial score (nSPS) is 19.1. The number of ether oxygens (including phenoxy) is 1. The van der Waals surface area contributed by atoms with Gasteiger partial charge < -0.3 is 10.1 Å². The lowest BCUT2D eigenvalue weighted by molar-refractivity contribution is -0.116. The van der Waals surface area contributed by atoms with Crippen LogP contribution in [0.5, 0.6) is 5.75 Å². The zero-order valence-corrected chi connectivity index (χ0v) is 16.3. The minimum atomic E-state index is -0.0802. The standard InChI is InChI=1S/C22H23N5O2/c1-14-20-18(15-6-4-9-17(12-15)29-16-7-2-3-8-16)13-19(28)25-21(20)27(26-14)22-23-10-5-11-24-22/h4-6,9-12,16,18H,2-3,7-8,13H2,1H3,(H,25,28)/t18-/m1/s1. The third-order valence-electron chi connectivity index (χ3n) is 5.71. The summed E-state index contributed by atoms with van der Waals surface area (Å²) in [6, 6.07) is 9.89. The number of aryl methyl sites for hydroxylation is 1. The summed E-state index contributed by atoms with van der Waals surface area (Å²) >= 11 is 0. The molecule has 1 N–H and O–H groups in total. The molecule has 0 bridgehead atoms. The van der Waals surface area contributed by atoms with Crippen LogP contribution >= 0.6 is 0 Å². The van der Waals surface area contributed by atoms with Crippen molar-refractivity contribution in [3.8, 4) is 11.7 Å². The van der Waals surface area contributed by atoms with E-state index in [4.69, 9.17) is 4.74 Å². The molecule has 29 heavy (non-hydrogen) atoms. The number of aromatic nitrogens is 4. The summed E-state index contributed by atoms with van der Waals surface area (Å²) in [6.07, 6.45) is 8.70. The molecule has 1 atom stereocenters. The Kier molecular flexibility index (Phi) is 4.50. The monoisotopic (exact) mass is 389 g/mol. The average Bonchev–Trinajstić information content (AvgIpc) is 3.36. The highest BCUT2D eigenvalue weighted by atomic mass is 16.5. The van der Waals surface area contributed by atoms with E-state index in [1.807, 2.05) is 19.1 Å². The maximum Gasteiger partial charge on any atom is 0.252 e. The van der Waals surface area contributed by atoms with Gasteiger partial charge >= 0.3 is 0 Å². The number of rotatable bonds is 4. The van der Waals surface area contributed by atoms with Crippen molar-refractivity contribution in [2.45, 2.75) is 51.0 Å². The van der Waals surface area contributed by atoms with E-state index < -0.39 is 0 Å². The van der Waals surface area contributed by atoms with Crippen molar-refractivity contribution in [3.05, 3.63) is 59.5 Å². The van der Waals surface area contributed by atoms with E-state index in [0.717, 1.165) is 35.4 Å². The third-order valence-corrected chi connectivity index (χ3v) is 5.71. The van der Waals surface area contributed by atoms with Gasteiger partial charge in [0, 0.05) is 30.3 Å². The molecule has 3 aromatic rings. The van der Waals surface area contributed by atoms with Crippen molar-refractivity contribution in [1.82, 2.24) is 19.7 Å². The van der Waals surface area contributed by atoms with Gasteiger partial charge in [0.1, 0.15) is 11.6 Å². The molecule has 1 amide bonds. The SMILES string of the molecule is Cc1nn(-c2ncccn2)c2c1[C@@H](c1cccc(OC3CCCC3)c1)CC(=O)N2. The molecule has 148 valence electrons. The summed E-state index contributed by atoms with van der Waals surface area (Å²) in [5.41, 5.74) is 2.93. The van der Waals surface area contributed by atoms with Crippen molar-refractivity contribution < 1.29 is 9.53 Å². The number of hydrogen-bond donors (Lipinski definition) is 1. The first kappa shape index (κ1) is 17.8. The van der Waals surface area contributed by atoms with E-state index in [1.165, 1.54) is 12.8 Å². The van der Waals surface area contributed by atoms with E-state index >= 15 is 0 Å². The summed E-state index contributed by atoms with van der Waals surface area (Å²) in [5.74, 6) is 1.84. The van der Waals surface area contributed by atoms with Gasteiger partial charge in [-0.25, -0.2) is 9.97 Å². The number of carbonyl (C=O) groups excluding carboxylic acids is 1. The summed E-state index contributed by atoms with van der Waals surface area (Å²) < 4.78 is 7.80. The first-order valence-electron chi connectivity index (χ1n) is 10.1. The fourth-order valence-corrected chi connectivity index (χ4v) is 4.38. The summed E-state index contributed by atoms with van der Waals surface area (Å²) in [7, 11) is 0. The van der Waals surface area contributed by atoms with Crippen LogP contribution in [0.15, 0.2) is 42.7 Å². The zero-order chi connectivity index (χ0) is 19.8. The molecule has 1 aliphatic carbocycles. The van der Waals surface area contributed by atoms with Gasteiger partial charge in [-0.05, 0) is 56.4 Å². The number of nitrogens with one attached hydrogen (secondary N) is 1. The maximum absolute atomic E-state index is 12.5. The molecule has 7 nitrogen and oxygen atoms in total. The second-order valence-corrected chi connectivity index (χ2v) is 7.71. The first-order valence-corrected chi connectivity index (χ1v) is 10.1. The maximum atomic E-state index is 12.5. The summed E-state index contributed by atoms with van der Waals surface area (Å²) in [6.45, 7) is 1.96. The van der Waals surface area contributed by atoms with E-state index in [-0.39, 0.29) is 11.8 Å². The van der Waals surface area contributed by atoms with E-state index in [1.54, 1.807) is 23.1 Å². The van der Waals surface area contributed by atoms with Crippen LogP contribution < -0.4 is 10.1 Å². The highest BCUT2D eigenvalue weighted by Gasteiger charge is 2.33. The Morgan fingerprint density at radius 1 is 1.14 bits per heavy atom. The molecule has 2 aromatic heterocycles. The van der Waals surface area contributed by atoms with Gasteiger partial charge in [-0.15, -0.1) is 0 Å². The number of anilines is 1.